The van der Waals surface area contributed by atoms with E-state index in [1.165, 1.54) is 6.33 Å². The van der Waals surface area contributed by atoms with E-state index in [4.69, 9.17) is 13.9 Å². The maximum Gasteiger partial charge on any atom is 0.163 e. The molecule has 0 amide bonds. The van der Waals surface area contributed by atoms with Crippen LogP contribution in [0.3, 0.4) is 0 Å². The van der Waals surface area contributed by atoms with Crippen molar-refractivity contribution in [2.24, 2.45) is 0 Å². The Kier molecular flexibility index (Phi) is 2.41. The van der Waals surface area contributed by atoms with Crippen LogP contribution in [0.1, 0.15) is 0 Å². The SMILES string of the molecule is c1coc(-c2cc3c(cc2-n2cnnn2)OCCO3)c1. The van der Waals surface area contributed by atoms with Gasteiger partial charge in [0.15, 0.2) is 11.5 Å². The van der Waals surface area contributed by atoms with Crippen LogP contribution >= 0.6 is 0 Å². The molecule has 0 saturated heterocycles. The molecule has 0 radical (unpaired) electrons. The predicted octanol–water partition coefficient (Wildman–Crippen LogP) is 1.69. The number of hydrogen-bond donors (Lipinski definition) is 0. The monoisotopic (exact) mass is 270 g/mol. The van der Waals surface area contributed by atoms with Gasteiger partial charge in [0.05, 0.1) is 12.0 Å². The van der Waals surface area contributed by atoms with E-state index in [1.54, 1.807) is 10.9 Å². The average molecular weight is 270 g/mol. The van der Waals surface area contributed by atoms with Crippen LogP contribution in [0.5, 0.6) is 11.5 Å². The van der Waals surface area contributed by atoms with E-state index in [0.29, 0.717) is 30.5 Å². The molecule has 1 aliphatic heterocycles. The second kappa shape index (κ2) is 4.37. The van der Waals surface area contributed by atoms with Crippen molar-refractivity contribution in [2.75, 3.05) is 13.2 Å². The molecule has 7 nitrogen and oxygen atoms in total. The zero-order chi connectivity index (χ0) is 13.4. The molecule has 20 heavy (non-hydrogen) atoms. The maximum absolute atomic E-state index is 5.61. The lowest BCUT2D eigenvalue weighted by Crippen LogP contribution is -2.16. The molecule has 1 aliphatic rings. The Hall–Kier alpha value is -2.83. The average Bonchev–Trinajstić information content (AvgIpc) is 3.19. The highest BCUT2D eigenvalue weighted by atomic mass is 16.6. The third kappa shape index (κ3) is 1.71. The number of hydrogen-bond acceptors (Lipinski definition) is 6. The van der Waals surface area contributed by atoms with E-state index in [0.717, 1.165) is 11.3 Å². The number of tetrazole rings is 1. The predicted molar refractivity (Wildman–Crippen MR) is 67.8 cm³/mol. The highest BCUT2D eigenvalue weighted by molar-refractivity contribution is 5.73. The molecule has 0 aliphatic carbocycles. The standard InChI is InChI=1S/C13H10N4O3/c1-2-11(18-3-1)9-6-12-13(20-5-4-19-12)7-10(9)17-8-14-15-16-17/h1-3,6-8H,4-5H2. The van der Waals surface area contributed by atoms with Crippen LogP contribution in [0.15, 0.2) is 41.3 Å². The third-order valence-corrected chi connectivity index (χ3v) is 3.04. The summed E-state index contributed by atoms with van der Waals surface area (Å²) in [7, 11) is 0. The van der Waals surface area contributed by atoms with Gasteiger partial charge in [-0.25, -0.2) is 0 Å². The molecule has 0 atom stereocenters. The lowest BCUT2D eigenvalue weighted by atomic mass is 10.1. The van der Waals surface area contributed by atoms with Gasteiger partial charge >= 0.3 is 0 Å². The first-order valence-corrected chi connectivity index (χ1v) is 6.13. The molecule has 0 unspecified atom stereocenters. The van der Waals surface area contributed by atoms with E-state index in [1.807, 2.05) is 24.3 Å². The minimum Gasteiger partial charge on any atom is -0.486 e. The molecule has 1 aromatic carbocycles. The Labute approximate surface area is 113 Å². The van der Waals surface area contributed by atoms with Gasteiger partial charge in [-0.05, 0) is 28.6 Å². The Morgan fingerprint density at radius 2 is 1.95 bits per heavy atom. The van der Waals surface area contributed by atoms with E-state index in [2.05, 4.69) is 15.5 Å². The Balaban J connectivity index is 1.95. The summed E-state index contributed by atoms with van der Waals surface area (Å²) in [6.45, 7) is 1.07. The van der Waals surface area contributed by atoms with Gasteiger partial charge in [-0.15, -0.1) is 5.10 Å². The fourth-order valence-electron chi connectivity index (χ4n) is 2.17. The molecular weight excluding hydrogens is 260 g/mol. The lowest BCUT2D eigenvalue weighted by molar-refractivity contribution is 0.171. The quantitative estimate of drug-likeness (QED) is 0.705. The van der Waals surface area contributed by atoms with Crippen molar-refractivity contribution in [3.8, 4) is 28.5 Å². The fraction of sp³-hybridized carbons (Fsp3) is 0.154. The minimum absolute atomic E-state index is 0.530. The van der Waals surface area contributed by atoms with Gasteiger partial charge in [0.25, 0.3) is 0 Å². The van der Waals surface area contributed by atoms with E-state index in [9.17, 15) is 0 Å². The third-order valence-electron chi connectivity index (χ3n) is 3.04. The van der Waals surface area contributed by atoms with Crippen molar-refractivity contribution in [3.05, 3.63) is 36.9 Å². The summed E-state index contributed by atoms with van der Waals surface area (Å²) < 4.78 is 18.2. The first kappa shape index (κ1) is 11.0. The van der Waals surface area contributed by atoms with Crippen LogP contribution < -0.4 is 9.47 Å². The topological polar surface area (TPSA) is 75.2 Å². The summed E-state index contributed by atoms with van der Waals surface area (Å²) in [5, 5.41) is 11.2. The number of nitrogens with zero attached hydrogens (tertiary/aromatic N) is 4. The number of furan rings is 1. The fourth-order valence-corrected chi connectivity index (χ4v) is 2.17. The molecular formula is C13H10N4O3. The van der Waals surface area contributed by atoms with Gasteiger partial charge in [-0.3, -0.25) is 0 Å². The Morgan fingerprint density at radius 3 is 2.65 bits per heavy atom. The van der Waals surface area contributed by atoms with E-state index >= 15 is 0 Å². The smallest absolute Gasteiger partial charge is 0.163 e. The van der Waals surface area contributed by atoms with Crippen molar-refractivity contribution >= 4 is 0 Å². The van der Waals surface area contributed by atoms with Crippen LogP contribution in [0, 0.1) is 0 Å². The first-order valence-electron chi connectivity index (χ1n) is 6.13. The largest absolute Gasteiger partial charge is 0.486 e. The molecule has 0 N–H and O–H groups in total. The minimum atomic E-state index is 0.530. The Bertz CT molecular complexity index is 659. The first-order chi connectivity index (χ1) is 9.92. The van der Waals surface area contributed by atoms with Crippen LogP contribution in [-0.2, 0) is 0 Å². The zero-order valence-electron chi connectivity index (χ0n) is 10.4. The zero-order valence-corrected chi connectivity index (χ0v) is 10.4. The van der Waals surface area contributed by atoms with Crippen molar-refractivity contribution < 1.29 is 13.9 Å². The number of benzene rings is 1. The normalized spacial score (nSPS) is 13.4. The maximum atomic E-state index is 5.61. The van der Waals surface area contributed by atoms with Crippen LogP contribution in [0.2, 0.25) is 0 Å². The van der Waals surface area contributed by atoms with Gasteiger partial charge in [0.1, 0.15) is 25.3 Å². The van der Waals surface area contributed by atoms with Crippen LogP contribution in [0.4, 0.5) is 0 Å². The highest BCUT2D eigenvalue weighted by Crippen LogP contribution is 2.39. The summed E-state index contributed by atoms with van der Waals surface area (Å²) in [5.74, 6) is 2.09. The second-order valence-corrected chi connectivity index (χ2v) is 4.24. The number of ether oxygens (including phenoxy) is 2. The van der Waals surface area contributed by atoms with Gasteiger partial charge in [-0.2, -0.15) is 4.68 Å². The van der Waals surface area contributed by atoms with Gasteiger partial charge in [-0.1, -0.05) is 0 Å². The van der Waals surface area contributed by atoms with Crippen molar-refractivity contribution in [3.63, 3.8) is 0 Å². The van der Waals surface area contributed by atoms with Crippen molar-refractivity contribution in [1.29, 1.82) is 0 Å². The second-order valence-electron chi connectivity index (χ2n) is 4.24. The Morgan fingerprint density at radius 1 is 1.10 bits per heavy atom. The molecule has 3 aromatic rings. The van der Waals surface area contributed by atoms with Gasteiger partial charge in [0, 0.05) is 11.6 Å². The number of fused-ring (bicyclic) bond motifs is 1. The van der Waals surface area contributed by atoms with E-state index in [-0.39, 0.29) is 0 Å². The van der Waals surface area contributed by atoms with Crippen LogP contribution in [-0.4, -0.2) is 33.4 Å². The molecule has 4 rings (SSSR count). The molecule has 0 fully saturated rings. The molecule has 0 spiro atoms. The van der Waals surface area contributed by atoms with Gasteiger partial charge < -0.3 is 13.9 Å². The molecule has 3 heterocycles. The molecule has 2 aromatic heterocycles. The lowest BCUT2D eigenvalue weighted by Gasteiger charge is -2.20. The molecule has 0 saturated carbocycles. The molecule has 100 valence electrons. The van der Waals surface area contributed by atoms with Gasteiger partial charge in [0.2, 0.25) is 0 Å². The summed E-state index contributed by atoms with van der Waals surface area (Å²) in [6, 6.07) is 7.43. The highest BCUT2D eigenvalue weighted by Gasteiger charge is 2.19. The molecule has 0 bridgehead atoms. The summed E-state index contributed by atoms with van der Waals surface area (Å²) in [4.78, 5) is 0. The summed E-state index contributed by atoms with van der Waals surface area (Å²) >= 11 is 0. The van der Waals surface area contributed by atoms with Crippen molar-refractivity contribution in [2.45, 2.75) is 0 Å². The number of rotatable bonds is 2. The molecule has 7 heteroatoms. The van der Waals surface area contributed by atoms with Crippen LogP contribution in [0.25, 0.3) is 17.0 Å². The number of aromatic nitrogens is 4. The summed E-state index contributed by atoms with van der Waals surface area (Å²) in [6.07, 6.45) is 3.15. The van der Waals surface area contributed by atoms with E-state index < -0.39 is 0 Å². The summed E-state index contributed by atoms with van der Waals surface area (Å²) in [5.41, 5.74) is 1.61. The van der Waals surface area contributed by atoms with Crippen molar-refractivity contribution in [1.82, 2.24) is 20.2 Å².